The van der Waals surface area contributed by atoms with Crippen molar-refractivity contribution >= 4 is 12.1 Å². The fourth-order valence-corrected chi connectivity index (χ4v) is 2.12. The molecular formula is C13H20N2O6. The number of methoxy groups -OCH3 is 1. The minimum Gasteiger partial charge on any atom is -0.469 e. The predicted molar refractivity (Wildman–Crippen MR) is 73.2 cm³/mol. The summed E-state index contributed by atoms with van der Waals surface area (Å²) in [6.07, 6.45) is 2.54. The second-order valence-corrected chi connectivity index (χ2v) is 5.74. The third-order valence-electron chi connectivity index (χ3n) is 2.94. The number of esters is 1. The van der Waals surface area contributed by atoms with Crippen LogP contribution in [0.5, 0.6) is 0 Å². The quantitative estimate of drug-likeness (QED) is 0.364. The number of rotatable bonds is 3. The normalized spacial score (nSPS) is 25.0. The summed E-state index contributed by atoms with van der Waals surface area (Å²) >= 11 is 0. The van der Waals surface area contributed by atoms with Crippen LogP contribution in [0.1, 0.15) is 27.2 Å². The van der Waals surface area contributed by atoms with Gasteiger partial charge in [0.1, 0.15) is 17.6 Å². The van der Waals surface area contributed by atoms with E-state index in [1.165, 1.54) is 13.2 Å². The Labute approximate surface area is 122 Å². The van der Waals surface area contributed by atoms with Gasteiger partial charge >= 0.3 is 12.1 Å². The maximum atomic E-state index is 11.7. The largest absolute Gasteiger partial charge is 0.469 e. The molecule has 0 spiro atoms. The third-order valence-corrected chi connectivity index (χ3v) is 2.94. The van der Waals surface area contributed by atoms with Crippen molar-refractivity contribution in [3.63, 3.8) is 0 Å². The number of nitrogens with zero attached hydrogens (tertiary/aromatic N) is 1. The van der Waals surface area contributed by atoms with Crippen molar-refractivity contribution in [2.24, 2.45) is 5.92 Å². The molecule has 1 rings (SSSR count). The zero-order valence-corrected chi connectivity index (χ0v) is 12.5. The molecule has 1 aliphatic carbocycles. The molecule has 0 aliphatic heterocycles. The average molecular weight is 300 g/mol. The van der Waals surface area contributed by atoms with Crippen molar-refractivity contribution in [3.05, 3.63) is 22.3 Å². The second-order valence-electron chi connectivity index (χ2n) is 5.74. The Hall–Kier alpha value is -2.12. The van der Waals surface area contributed by atoms with Gasteiger partial charge in [0.15, 0.2) is 0 Å². The van der Waals surface area contributed by atoms with Crippen molar-refractivity contribution in [3.8, 4) is 0 Å². The minimum atomic E-state index is -1.28. The smallest absolute Gasteiger partial charge is 0.408 e. The van der Waals surface area contributed by atoms with Crippen LogP contribution in [0.3, 0.4) is 0 Å². The standard InChI is InChI=1S/C13H20N2O6/c1-13(2,3)21-12(17)14-9-7-5-6-8(11(16)20-4)10(9)15(18)19/h5,7-10H,6H2,1-4H3,(H,14,17)/t8-,9-,10+/m0/s1. The molecule has 0 aromatic rings. The van der Waals surface area contributed by atoms with Crippen LogP contribution in [0, 0.1) is 16.0 Å². The Kier molecular flexibility index (Phi) is 5.28. The molecule has 3 atom stereocenters. The number of nitro groups is 1. The first kappa shape index (κ1) is 16.9. The van der Waals surface area contributed by atoms with Crippen LogP contribution < -0.4 is 5.32 Å². The Bertz CT molecular complexity index is 454. The third kappa shape index (κ3) is 4.73. The van der Waals surface area contributed by atoms with Crippen LogP contribution in [-0.4, -0.2) is 41.8 Å². The van der Waals surface area contributed by atoms with Crippen molar-refractivity contribution < 1.29 is 24.0 Å². The molecule has 0 heterocycles. The van der Waals surface area contributed by atoms with Gasteiger partial charge in [-0.15, -0.1) is 0 Å². The Balaban J connectivity index is 2.86. The topological polar surface area (TPSA) is 108 Å². The lowest BCUT2D eigenvalue weighted by molar-refractivity contribution is -0.532. The van der Waals surface area contributed by atoms with Gasteiger partial charge in [-0.1, -0.05) is 12.2 Å². The maximum Gasteiger partial charge on any atom is 0.408 e. The lowest BCUT2D eigenvalue weighted by Gasteiger charge is -2.28. The average Bonchev–Trinajstić information content (AvgIpc) is 2.34. The summed E-state index contributed by atoms with van der Waals surface area (Å²) in [5, 5.41) is 13.7. The van der Waals surface area contributed by atoms with Gasteiger partial charge in [-0.05, 0) is 27.2 Å². The molecule has 0 unspecified atom stereocenters. The number of carbonyl (C=O) groups excluding carboxylic acids is 2. The lowest BCUT2D eigenvalue weighted by atomic mass is 9.86. The van der Waals surface area contributed by atoms with Crippen LogP contribution in [0.15, 0.2) is 12.2 Å². The number of nitrogens with one attached hydrogen (secondary N) is 1. The molecule has 8 heteroatoms. The lowest BCUT2D eigenvalue weighted by Crippen LogP contribution is -2.53. The Morgan fingerprint density at radius 2 is 2.00 bits per heavy atom. The molecule has 0 aromatic carbocycles. The molecule has 118 valence electrons. The highest BCUT2D eigenvalue weighted by Crippen LogP contribution is 2.23. The number of amides is 1. The number of hydrogen-bond acceptors (Lipinski definition) is 6. The molecule has 0 bridgehead atoms. The number of carbonyl (C=O) groups is 2. The molecular weight excluding hydrogens is 280 g/mol. The Morgan fingerprint density at radius 1 is 1.38 bits per heavy atom. The van der Waals surface area contributed by atoms with E-state index in [0.717, 1.165) is 0 Å². The van der Waals surface area contributed by atoms with E-state index in [9.17, 15) is 19.7 Å². The summed E-state index contributed by atoms with van der Waals surface area (Å²) in [6, 6.07) is -2.21. The molecule has 1 amide bonds. The van der Waals surface area contributed by atoms with Gasteiger partial charge in [0.05, 0.1) is 7.11 Å². The van der Waals surface area contributed by atoms with E-state index >= 15 is 0 Å². The molecule has 1 aliphatic rings. The van der Waals surface area contributed by atoms with Gasteiger partial charge in [-0.3, -0.25) is 14.9 Å². The highest BCUT2D eigenvalue weighted by molar-refractivity contribution is 5.74. The van der Waals surface area contributed by atoms with E-state index in [1.807, 2.05) is 0 Å². The summed E-state index contributed by atoms with van der Waals surface area (Å²) < 4.78 is 9.65. The van der Waals surface area contributed by atoms with Gasteiger partial charge in [0.25, 0.3) is 0 Å². The number of hydrogen-bond donors (Lipinski definition) is 1. The van der Waals surface area contributed by atoms with Crippen LogP contribution in [-0.2, 0) is 14.3 Å². The first-order valence-electron chi connectivity index (χ1n) is 6.53. The van der Waals surface area contributed by atoms with Gasteiger partial charge < -0.3 is 14.8 Å². The van der Waals surface area contributed by atoms with Gasteiger partial charge in [-0.2, -0.15) is 0 Å². The van der Waals surface area contributed by atoms with Crippen LogP contribution >= 0.6 is 0 Å². The zero-order valence-electron chi connectivity index (χ0n) is 12.5. The zero-order chi connectivity index (χ0) is 16.2. The summed E-state index contributed by atoms with van der Waals surface area (Å²) in [5.41, 5.74) is -0.714. The van der Waals surface area contributed by atoms with E-state index in [-0.39, 0.29) is 6.42 Å². The summed E-state index contributed by atoms with van der Waals surface area (Å²) in [6.45, 7) is 5.06. The second kappa shape index (κ2) is 6.55. The fourth-order valence-electron chi connectivity index (χ4n) is 2.12. The molecule has 0 saturated carbocycles. The van der Waals surface area contributed by atoms with Gasteiger partial charge in [0.2, 0.25) is 6.04 Å². The van der Waals surface area contributed by atoms with Gasteiger partial charge in [0, 0.05) is 4.92 Å². The molecule has 0 fully saturated rings. The van der Waals surface area contributed by atoms with E-state index in [0.29, 0.717) is 0 Å². The van der Waals surface area contributed by atoms with Crippen LogP contribution in [0.2, 0.25) is 0 Å². The van der Waals surface area contributed by atoms with E-state index in [1.54, 1.807) is 26.8 Å². The molecule has 0 radical (unpaired) electrons. The van der Waals surface area contributed by atoms with Crippen LogP contribution in [0.25, 0.3) is 0 Å². The predicted octanol–water partition coefficient (Wildman–Crippen LogP) is 1.27. The van der Waals surface area contributed by atoms with Crippen molar-refractivity contribution in [2.75, 3.05) is 7.11 Å². The van der Waals surface area contributed by atoms with Crippen molar-refractivity contribution in [1.82, 2.24) is 5.32 Å². The van der Waals surface area contributed by atoms with Crippen LogP contribution in [0.4, 0.5) is 4.79 Å². The first-order valence-corrected chi connectivity index (χ1v) is 6.53. The molecule has 0 saturated heterocycles. The highest BCUT2D eigenvalue weighted by Gasteiger charge is 2.45. The summed E-state index contributed by atoms with van der Waals surface area (Å²) in [5.74, 6) is -1.60. The molecule has 8 nitrogen and oxygen atoms in total. The SMILES string of the molecule is COC(=O)[C@H]1CC=C[C@H](NC(=O)OC(C)(C)C)[C@@H]1[N+](=O)[O-]. The van der Waals surface area contributed by atoms with Crippen molar-refractivity contribution in [2.45, 2.75) is 44.9 Å². The van der Waals surface area contributed by atoms with Crippen molar-refractivity contribution in [1.29, 1.82) is 0 Å². The number of allylic oxidation sites excluding steroid dienone is 1. The highest BCUT2D eigenvalue weighted by atomic mass is 16.6. The molecule has 0 aromatic heterocycles. The number of ether oxygens (including phenoxy) is 2. The molecule has 21 heavy (non-hydrogen) atoms. The summed E-state index contributed by atoms with van der Waals surface area (Å²) in [7, 11) is 1.17. The first-order chi connectivity index (χ1) is 9.65. The maximum absolute atomic E-state index is 11.7. The fraction of sp³-hybridized carbons (Fsp3) is 0.692. The van der Waals surface area contributed by atoms with E-state index in [2.05, 4.69) is 10.1 Å². The monoisotopic (exact) mass is 300 g/mol. The Morgan fingerprint density at radius 3 is 2.48 bits per heavy atom. The summed E-state index contributed by atoms with van der Waals surface area (Å²) in [4.78, 5) is 34.0. The van der Waals surface area contributed by atoms with E-state index in [4.69, 9.17) is 4.74 Å². The molecule has 1 N–H and O–H groups in total. The van der Waals surface area contributed by atoms with E-state index < -0.39 is 40.6 Å². The van der Waals surface area contributed by atoms with Gasteiger partial charge in [-0.25, -0.2) is 4.79 Å². The number of alkyl carbamates (subject to hydrolysis) is 1. The minimum absolute atomic E-state index is 0.199.